The molecule has 3 heterocycles. The highest BCUT2D eigenvalue weighted by Crippen LogP contribution is 2.27. The summed E-state index contributed by atoms with van der Waals surface area (Å²) < 4.78 is 0. The molecule has 1 saturated heterocycles. The number of nitrogens with zero attached hydrogens (tertiary/aromatic N) is 5. The van der Waals surface area contributed by atoms with Crippen LogP contribution >= 0.6 is 11.3 Å². The molecule has 1 N–H and O–H groups in total. The fourth-order valence-electron chi connectivity index (χ4n) is 2.65. The van der Waals surface area contributed by atoms with Gasteiger partial charge >= 0.3 is 0 Å². The van der Waals surface area contributed by atoms with Crippen LogP contribution in [0.3, 0.4) is 0 Å². The van der Waals surface area contributed by atoms with E-state index in [9.17, 15) is 4.79 Å². The van der Waals surface area contributed by atoms with Crippen molar-refractivity contribution in [3.05, 3.63) is 22.6 Å². The van der Waals surface area contributed by atoms with E-state index in [1.165, 1.54) is 11.3 Å². The quantitative estimate of drug-likeness (QED) is 0.925. The van der Waals surface area contributed by atoms with Gasteiger partial charge in [-0.2, -0.15) is 0 Å². The maximum absolute atomic E-state index is 11.5. The summed E-state index contributed by atoms with van der Waals surface area (Å²) in [5.74, 6) is 1.82. The number of amides is 1. The van der Waals surface area contributed by atoms with Gasteiger partial charge in [-0.05, 0) is 19.8 Å². The monoisotopic (exact) mass is 332 g/mol. The number of aromatic nitrogens is 4. The van der Waals surface area contributed by atoms with Gasteiger partial charge in [-0.1, -0.05) is 18.3 Å². The normalized spacial score (nSPS) is 17.5. The maximum atomic E-state index is 11.5. The summed E-state index contributed by atoms with van der Waals surface area (Å²) in [5.41, 5.74) is 0.902. The number of hydrogen-bond donors (Lipinski definition) is 1. The molecule has 0 spiro atoms. The standard InChI is InChI=1S/C15H20N6OS/c1-4-13-19-20-15(23-13)18-12-7-9(2)16-14(17-12)11-5-6-21(8-11)10(3)22/h7,11H,4-6,8H2,1-3H3,(H,16,17,18,20). The first-order valence-corrected chi connectivity index (χ1v) is 8.57. The summed E-state index contributed by atoms with van der Waals surface area (Å²) in [6.07, 6.45) is 1.78. The van der Waals surface area contributed by atoms with Crippen molar-refractivity contribution in [3.63, 3.8) is 0 Å². The van der Waals surface area contributed by atoms with Crippen molar-refractivity contribution in [2.45, 2.75) is 39.5 Å². The van der Waals surface area contributed by atoms with Crippen LogP contribution in [0.5, 0.6) is 0 Å². The number of anilines is 2. The van der Waals surface area contributed by atoms with Gasteiger partial charge in [0.1, 0.15) is 16.6 Å². The van der Waals surface area contributed by atoms with E-state index in [1.807, 2.05) is 17.9 Å². The highest BCUT2D eigenvalue weighted by atomic mass is 32.1. The lowest BCUT2D eigenvalue weighted by molar-refractivity contribution is -0.127. The van der Waals surface area contributed by atoms with Crippen LogP contribution in [0.25, 0.3) is 0 Å². The summed E-state index contributed by atoms with van der Waals surface area (Å²) in [6, 6.07) is 1.90. The van der Waals surface area contributed by atoms with E-state index in [1.54, 1.807) is 6.92 Å². The average Bonchev–Trinajstić information content (AvgIpc) is 3.15. The molecular formula is C15H20N6OS. The van der Waals surface area contributed by atoms with Crippen LogP contribution in [0.4, 0.5) is 10.9 Å². The van der Waals surface area contributed by atoms with Crippen molar-refractivity contribution >= 4 is 28.2 Å². The summed E-state index contributed by atoms with van der Waals surface area (Å²) in [4.78, 5) is 22.5. The van der Waals surface area contributed by atoms with Crippen LogP contribution in [-0.2, 0) is 11.2 Å². The van der Waals surface area contributed by atoms with Crippen molar-refractivity contribution in [1.29, 1.82) is 0 Å². The summed E-state index contributed by atoms with van der Waals surface area (Å²) in [5, 5.41) is 13.2. The molecule has 0 aliphatic carbocycles. The van der Waals surface area contributed by atoms with Crippen molar-refractivity contribution < 1.29 is 4.79 Å². The number of rotatable bonds is 4. The highest BCUT2D eigenvalue weighted by Gasteiger charge is 2.27. The zero-order valence-electron chi connectivity index (χ0n) is 13.5. The van der Waals surface area contributed by atoms with Gasteiger partial charge in [0.15, 0.2) is 0 Å². The molecule has 1 unspecified atom stereocenters. The lowest BCUT2D eigenvalue weighted by Gasteiger charge is -2.14. The minimum Gasteiger partial charge on any atom is -0.342 e. The zero-order valence-corrected chi connectivity index (χ0v) is 14.4. The molecule has 2 aromatic rings. The molecule has 1 fully saturated rings. The molecule has 1 amide bonds. The van der Waals surface area contributed by atoms with E-state index in [4.69, 9.17) is 0 Å². The molecule has 1 atom stereocenters. The Hall–Kier alpha value is -2.09. The molecule has 2 aromatic heterocycles. The van der Waals surface area contributed by atoms with Crippen molar-refractivity contribution in [2.24, 2.45) is 0 Å². The second kappa shape index (κ2) is 6.57. The van der Waals surface area contributed by atoms with Crippen molar-refractivity contribution in [1.82, 2.24) is 25.1 Å². The average molecular weight is 332 g/mol. The lowest BCUT2D eigenvalue weighted by Crippen LogP contribution is -2.25. The molecular weight excluding hydrogens is 312 g/mol. The minimum absolute atomic E-state index is 0.111. The minimum atomic E-state index is 0.111. The molecule has 7 nitrogen and oxygen atoms in total. The maximum Gasteiger partial charge on any atom is 0.219 e. The SMILES string of the molecule is CCc1nnc(Nc2cc(C)nc(C3CCN(C(C)=O)C3)n2)s1. The largest absolute Gasteiger partial charge is 0.342 e. The molecule has 8 heteroatoms. The van der Waals surface area contributed by atoms with E-state index < -0.39 is 0 Å². The topological polar surface area (TPSA) is 83.9 Å². The Labute approximate surface area is 139 Å². The lowest BCUT2D eigenvalue weighted by atomic mass is 10.1. The number of carbonyl (C=O) groups excluding carboxylic acids is 1. The van der Waals surface area contributed by atoms with Gasteiger partial charge in [0.25, 0.3) is 0 Å². The van der Waals surface area contributed by atoms with Crippen LogP contribution in [0.1, 0.15) is 42.7 Å². The molecule has 23 heavy (non-hydrogen) atoms. The zero-order chi connectivity index (χ0) is 16.4. The molecule has 1 aliphatic rings. The fourth-order valence-corrected chi connectivity index (χ4v) is 3.34. The smallest absolute Gasteiger partial charge is 0.219 e. The van der Waals surface area contributed by atoms with E-state index in [-0.39, 0.29) is 11.8 Å². The molecule has 0 bridgehead atoms. The van der Waals surface area contributed by atoms with Gasteiger partial charge in [0, 0.05) is 37.7 Å². The number of aryl methyl sites for hydroxylation is 2. The van der Waals surface area contributed by atoms with Crippen molar-refractivity contribution in [2.75, 3.05) is 18.4 Å². The first-order chi connectivity index (χ1) is 11.0. The van der Waals surface area contributed by atoms with Gasteiger partial charge in [-0.15, -0.1) is 10.2 Å². The Balaban J connectivity index is 1.78. The van der Waals surface area contributed by atoms with Gasteiger partial charge in [0.05, 0.1) is 0 Å². The predicted molar refractivity (Wildman–Crippen MR) is 89.0 cm³/mol. The first-order valence-electron chi connectivity index (χ1n) is 7.75. The van der Waals surface area contributed by atoms with E-state index >= 15 is 0 Å². The Kier molecular flexibility index (Phi) is 4.51. The Morgan fingerprint density at radius 1 is 1.43 bits per heavy atom. The molecule has 0 saturated carbocycles. The van der Waals surface area contributed by atoms with E-state index in [2.05, 4.69) is 32.4 Å². The summed E-state index contributed by atoms with van der Waals surface area (Å²) >= 11 is 1.53. The molecule has 0 radical (unpaired) electrons. The third-order valence-corrected chi connectivity index (χ3v) is 4.86. The van der Waals surface area contributed by atoms with E-state index in [0.717, 1.165) is 46.9 Å². The second-order valence-corrected chi connectivity index (χ2v) is 6.74. The van der Waals surface area contributed by atoms with Crippen LogP contribution in [0.2, 0.25) is 0 Å². The van der Waals surface area contributed by atoms with Crippen LogP contribution in [0, 0.1) is 6.92 Å². The Morgan fingerprint density at radius 3 is 2.91 bits per heavy atom. The van der Waals surface area contributed by atoms with Gasteiger partial charge < -0.3 is 10.2 Å². The predicted octanol–water partition coefficient (Wildman–Crippen LogP) is 2.28. The third-order valence-electron chi connectivity index (χ3n) is 3.87. The fraction of sp³-hybridized carbons (Fsp3) is 0.533. The highest BCUT2D eigenvalue weighted by molar-refractivity contribution is 7.15. The molecule has 0 aromatic carbocycles. The van der Waals surface area contributed by atoms with Crippen molar-refractivity contribution in [3.8, 4) is 0 Å². The molecule has 122 valence electrons. The molecule has 3 rings (SSSR count). The first kappa shape index (κ1) is 15.8. The van der Waals surface area contributed by atoms with E-state index in [0.29, 0.717) is 6.54 Å². The Morgan fingerprint density at radius 2 is 2.26 bits per heavy atom. The summed E-state index contributed by atoms with van der Waals surface area (Å²) in [7, 11) is 0. The Bertz CT molecular complexity index is 716. The number of hydrogen-bond acceptors (Lipinski definition) is 7. The van der Waals surface area contributed by atoms with Crippen LogP contribution < -0.4 is 5.32 Å². The number of likely N-dealkylation sites (tertiary alicyclic amines) is 1. The number of carbonyl (C=O) groups is 1. The van der Waals surface area contributed by atoms with Gasteiger partial charge in [-0.25, -0.2) is 9.97 Å². The number of nitrogens with one attached hydrogen (secondary N) is 1. The van der Waals surface area contributed by atoms with Gasteiger partial charge in [0.2, 0.25) is 11.0 Å². The summed E-state index contributed by atoms with van der Waals surface area (Å²) in [6.45, 7) is 7.07. The van der Waals surface area contributed by atoms with Crippen LogP contribution in [-0.4, -0.2) is 44.1 Å². The second-order valence-electron chi connectivity index (χ2n) is 5.68. The molecule has 1 aliphatic heterocycles. The third kappa shape index (κ3) is 3.64. The van der Waals surface area contributed by atoms with Gasteiger partial charge in [-0.3, -0.25) is 4.79 Å². The van der Waals surface area contributed by atoms with Crippen LogP contribution in [0.15, 0.2) is 6.07 Å².